The maximum absolute atomic E-state index is 10.0. The van der Waals surface area contributed by atoms with Gasteiger partial charge in [0.2, 0.25) is 0 Å². The van der Waals surface area contributed by atoms with Gasteiger partial charge < -0.3 is 19.9 Å². The Bertz CT molecular complexity index is 625. The van der Waals surface area contributed by atoms with Gasteiger partial charge in [0.15, 0.2) is 0 Å². The molecule has 2 atom stereocenters. The first-order valence-electron chi connectivity index (χ1n) is 7.52. The van der Waals surface area contributed by atoms with Crippen LogP contribution < -0.4 is 14.8 Å². The van der Waals surface area contributed by atoms with Crippen LogP contribution in [-0.2, 0) is 0 Å². The van der Waals surface area contributed by atoms with Crippen molar-refractivity contribution in [1.29, 1.82) is 0 Å². The van der Waals surface area contributed by atoms with Crippen LogP contribution in [0.4, 0.5) is 0 Å². The number of ether oxygens (including phenoxy) is 2. The van der Waals surface area contributed by atoms with Crippen molar-refractivity contribution in [2.75, 3.05) is 20.3 Å². The molecule has 0 spiro atoms. The van der Waals surface area contributed by atoms with Crippen molar-refractivity contribution < 1.29 is 14.6 Å². The van der Waals surface area contributed by atoms with Gasteiger partial charge in [0.05, 0.1) is 7.11 Å². The molecule has 0 bridgehead atoms. The molecule has 0 aromatic heterocycles. The van der Waals surface area contributed by atoms with Crippen LogP contribution in [0.15, 0.2) is 48.5 Å². The van der Waals surface area contributed by atoms with E-state index in [-0.39, 0.29) is 25.1 Å². The van der Waals surface area contributed by atoms with E-state index in [9.17, 15) is 5.11 Å². The molecule has 0 aliphatic carbocycles. The lowest BCUT2D eigenvalue weighted by Gasteiger charge is -2.18. The van der Waals surface area contributed by atoms with Crippen LogP contribution in [0.1, 0.15) is 18.5 Å². The Hall–Kier alpha value is -1.46. The van der Waals surface area contributed by atoms with E-state index < -0.39 is 6.10 Å². The van der Waals surface area contributed by atoms with Gasteiger partial charge in [-0.3, -0.25) is 0 Å². The fourth-order valence-electron chi connectivity index (χ4n) is 2.15. The summed E-state index contributed by atoms with van der Waals surface area (Å²) in [4.78, 5) is 0. The van der Waals surface area contributed by atoms with Crippen LogP contribution in [0.25, 0.3) is 0 Å². The summed E-state index contributed by atoms with van der Waals surface area (Å²) in [6.45, 7) is 2.67. The maximum atomic E-state index is 10.0. The van der Waals surface area contributed by atoms with Crippen LogP contribution in [0.3, 0.4) is 0 Å². The summed E-state index contributed by atoms with van der Waals surface area (Å²) >= 11 is 5.99. The molecule has 0 radical (unpaired) electrons. The summed E-state index contributed by atoms with van der Waals surface area (Å²) in [5.74, 6) is 1.40. The molecular formula is C18H23Cl2NO3. The van der Waals surface area contributed by atoms with Gasteiger partial charge in [-0.2, -0.15) is 0 Å². The molecule has 4 nitrogen and oxygen atoms in total. The first kappa shape index (κ1) is 20.6. The SMILES string of the molecule is COc1cccc(OCC(O)CNC(C)c2cccc(Cl)c2)c1.Cl. The Balaban J connectivity index is 0.00000288. The zero-order chi connectivity index (χ0) is 16.7. The van der Waals surface area contributed by atoms with Crippen molar-refractivity contribution in [3.8, 4) is 11.5 Å². The minimum absolute atomic E-state index is 0. The van der Waals surface area contributed by atoms with Crippen LogP contribution >= 0.6 is 24.0 Å². The lowest BCUT2D eigenvalue weighted by atomic mass is 10.1. The molecule has 2 aromatic carbocycles. The van der Waals surface area contributed by atoms with Gasteiger partial charge in [-0.15, -0.1) is 12.4 Å². The summed E-state index contributed by atoms with van der Waals surface area (Å²) < 4.78 is 10.7. The highest BCUT2D eigenvalue weighted by Gasteiger charge is 2.10. The Morgan fingerprint density at radius 1 is 1.12 bits per heavy atom. The second kappa shape index (κ2) is 10.4. The van der Waals surface area contributed by atoms with Crippen molar-refractivity contribution in [2.45, 2.75) is 19.1 Å². The lowest BCUT2D eigenvalue weighted by molar-refractivity contribution is 0.104. The standard InChI is InChI=1S/C18H22ClNO3.ClH/c1-13(14-5-3-6-15(19)9-14)20-11-16(21)12-23-18-8-4-7-17(10-18)22-2;/h3-10,13,16,20-21H,11-12H2,1-2H3;1H. The third-order valence-electron chi connectivity index (χ3n) is 3.49. The minimum Gasteiger partial charge on any atom is -0.497 e. The van der Waals surface area contributed by atoms with Gasteiger partial charge in [-0.1, -0.05) is 29.8 Å². The molecule has 132 valence electrons. The van der Waals surface area contributed by atoms with E-state index in [0.29, 0.717) is 17.3 Å². The largest absolute Gasteiger partial charge is 0.497 e. The van der Waals surface area contributed by atoms with Crippen LogP contribution in [-0.4, -0.2) is 31.5 Å². The topological polar surface area (TPSA) is 50.7 Å². The maximum Gasteiger partial charge on any atom is 0.123 e. The first-order valence-corrected chi connectivity index (χ1v) is 7.90. The summed E-state index contributed by atoms with van der Waals surface area (Å²) in [5, 5.41) is 14.0. The minimum atomic E-state index is -0.608. The summed E-state index contributed by atoms with van der Waals surface area (Å²) in [7, 11) is 1.61. The molecule has 2 unspecified atom stereocenters. The fourth-order valence-corrected chi connectivity index (χ4v) is 2.35. The highest BCUT2D eigenvalue weighted by Crippen LogP contribution is 2.19. The van der Waals surface area contributed by atoms with Crippen LogP contribution in [0, 0.1) is 0 Å². The average molecular weight is 372 g/mol. The molecule has 0 fully saturated rings. The molecule has 0 aliphatic heterocycles. The van der Waals surface area contributed by atoms with E-state index in [2.05, 4.69) is 5.32 Å². The molecule has 0 aliphatic rings. The molecule has 2 N–H and O–H groups in total. The van der Waals surface area contributed by atoms with Crippen molar-refractivity contribution in [3.63, 3.8) is 0 Å². The van der Waals surface area contributed by atoms with Gasteiger partial charge in [0.25, 0.3) is 0 Å². The molecule has 0 saturated carbocycles. The predicted molar refractivity (Wildman–Crippen MR) is 99.6 cm³/mol. The van der Waals surface area contributed by atoms with Crippen molar-refractivity contribution >= 4 is 24.0 Å². The Kier molecular flexibility index (Phi) is 8.93. The second-order valence-corrected chi connectivity index (χ2v) is 5.77. The Labute approximate surface area is 154 Å². The number of nitrogens with one attached hydrogen (secondary N) is 1. The number of hydrogen-bond acceptors (Lipinski definition) is 4. The molecule has 0 amide bonds. The summed E-state index contributed by atoms with van der Waals surface area (Å²) in [6.07, 6.45) is -0.608. The highest BCUT2D eigenvalue weighted by atomic mass is 35.5. The van der Waals surface area contributed by atoms with E-state index in [0.717, 1.165) is 11.3 Å². The zero-order valence-electron chi connectivity index (χ0n) is 13.7. The molecule has 0 saturated heterocycles. The fraction of sp³-hybridized carbons (Fsp3) is 0.333. The monoisotopic (exact) mass is 371 g/mol. The average Bonchev–Trinajstić information content (AvgIpc) is 2.58. The van der Waals surface area contributed by atoms with E-state index in [1.165, 1.54) is 0 Å². The number of hydrogen-bond donors (Lipinski definition) is 2. The van der Waals surface area contributed by atoms with Crippen LogP contribution in [0.5, 0.6) is 11.5 Å². The van der Waals surface area contributed by atoms with Crippen molar-refractivity contribution in [2.24, 2.45) is 0 Å². The third-order valence-corrected chi connectivity index (χ3v) is 3.73. The van der Waals surface area contributed by atoms with Gasteiger partial charge in [-0.05, 0) is 36.8 Å². The van der Waals surface area contributed by atoms with Gasteiger partial charge >= 0.3 is 0 Å². The number of methoxy groups -OCH3 is 1. The Morgan fingerprint density at radius 2 is 1.83 bits per heavy atom. The van der Waals surface area contributed by atoms with E-state index >= 15 is 0 Å². The summed E-state index contributed by atoms with van der Waals surface area (Å²) in [5.41, 5.74) is 1.08. The zero-order valence-corrected chi connectivity index (χ0v) is 15.3. The first-order chi connectivity index (χ1) is 11.1. The normalized spacial score (nSPS) is 12.8. The second-order valence-electron chi connectivity index (χ2n) is 5.33. The number of aliphatic hydroxyl groups excluding tert-OH is 1. The molecule has 6 heteroatoms. The molecular weight excluding hydrogens is 349 g/mol. The van der Waals surface area contributed by atoms with Crippen LogP contribution in [0.2, 0.25) is 5.02 Å². The molecule has 2 aromatic rings. The third kappa shape index (κ3) is 6.57. The van der Waals surface area contributed by atoms with E-state index in [1.54, 1.807) is 13.2 Å². The number of benzene rings is 2. The number of halogens is 2. The predicted octanol–water partition coefficient (Wildman–Crippen LogP) is 3.86. The number of aliphatic hydroxyl groups is 1. The number of rotatable bonds is 8. The summed E-state index contributed by atoms with van der Waals surface area (Å²) in [6, 6.07) is 15.1. The Morgan fingerprint density at radius 3 is 2.54 bits per heavy atom. The molecule has 0 heterocycles. The molecule has 24 heavy (non-hydrogen) atoms. The quantitative estimate of drug-likeness (QED) is 0.739. The van der Waals surface area contributed by atoms with E-state index in [1.807, 2.05) is 49.4 Å². The van der Waals surface area contributed by atoms with Crippen molar-refractivity contribution in [1.82, 2.24) is 5.32 Å². The molecule has 2 rings (SSSR count). The highest BCUT2D eigenvalue weighted by molar-refractivity contribution is 6.30. The van der Waals surface area contributed by atoms with Crippen molar-refractivity contribution in [3.05, 3.63) is 59.1 Å². The lowest BCUT2D eigenvalue weighted by Crippen LogP contribution is -2.33. The van der Waals surface area contributed by atoms with E-state index in [4.69, 9.17) is 21.1 Å². The smallest absolute Gasteiger partial charge is 0.123 e. The van der Waals surface area contributed by atoms with Gasteiger partial charge in [0.1, 0.15) is 24.2 Å². The van der Waals surface area contributed by atoms with Gasteiger partial charge in [0, 0.05) is 23.7 Å². The van der Waals surface area contributed by atoms with Gasteiger partial charge in [-0.25, -0.2) is 0 Å².